The van der Waals surface area contributed by atoms with Crippen LogP contribution in [0.5, 0.6) is 0 Å². The first-order valence-corrected chi connectivity index (χ1v) is 2.74. The van der Waals surface area contributed by atoms with Gasteiger partial charge in [-0.25, -0.2) is 0 Å². The quantitative estimate of drug-likeness (QED) is 0.487. The predicted molar refractivity (Wildman–Crippen MR) is 34.5 cm³/mol. The molecule has 0 aromatic rings. The molecule has 1 nitrogen and oxygen atoms in total. The fourth-order valence-corrected chi connectivity index (χ4v) is 0. The van der Waals surface area contributed by atoms with Crippen LogP contribution in [0.3, 0.4) is 0 Å². The van der Waals surface area contributed by atoms with Crippen LogP contribution >= 0.6 is 45.2 Å². The van der Waals surface area contributed by atoms with E-state index in [1.165, 1.54) is 0 Å². The SMILES string of the molecule is O=C(I)I.[Co+2].[H+]. The van der Waals surface area contributed by atoms with Crippen LogP contribution < -0.4 is 0 Å². The maximum atomic E-state index is 9.42. The minimum absolute atomic E-state index is 0. The van der Waals surface area contributed by atoms with E-state index in [2.05, 4.69) is 0 Å². The van der Waals surface area contributed by atoms with E-state index in [0.717, 1.165) is 0 Å². The Bertz CT molecular complexity index is 36.5. The third-order valence-electron chi connectivity index (χ3n) is 0. The zero-order valence-electron chi connectivity index (χ0n) is 3.00. The largest absolute Gasteiger partial charge is 2.00 e. The summed E-state index contributed by atoms with van der Waals surface area (Å²) in [5.41, 5.74) is 0. The number of hydrogen-bond acceptors (Lipinski definition) is 1. The van der Waals surface area contributed by atoms with Crippen molar-refractivity contribution in [2.75, 3.05) is 0 Å². The van der Waals surface area contributed by atoms with Crippen LogP contribution in [-0.2, 0) is 16.8 Å². The molecule has 5 heavy (non-hydrogen) atoms. The smallest absolute Gasteiger partial charge is 0.276 e. The molecule has 0 rings (SSSR count). The van der Waals surface area contributed by atoms with Crippen LogP contribution in [0.15, 0.2) is 0 Å². The molecule has 1 radical (unpaired) electrons. The zero-order chi connectivity index (χ0) is 3.58. The maximum absolute atomic E-state index is 9.42. The third kappa shape index (κ3) is 27.8. The monoisotopic (exact) mass is 342 g/mol. The second-order valence-electron chi connectivity index (χ2n) is 0.226. The minimum Gasteiger partial charge on any atom is -0.276 e. The Morgan fingerprint density at radius 3 is 1.60 bits per heavy atom. The average Bonchev–Trinajstić information content (AvgIpc) is 0.811. The summed E-state index contributed by atoms with van der Waals surface area (Å²) < 4.78 is 0.107. The molecule has 0 N–H and O–H groups in total. The molecule has 0 heterocycles. The van der Waals surface area contributed by atoms with Gasteiger partial charge in [0, 0.05) is 45.2 Å². The molecule has 0 spiro atoms. The zero-order valence-corrected chi connectivity index (χ0v) is 7.35. The molecular formula is CHCoI2O+3. The number of carbonyl (C=O) groups excluding carboxylic acids is 1. The van der Waals surface area contributed by atoms with Crippen molar-refractivity contribution >= 4 is 47.0 Å². The van der Waals surface area contributed by atoms with Gasteiger partial charge < -0.3 is 0 Å². The molecule has 4 heteroatoms. The summed E-state index contributed by atoms with van der Waals surface area (Å²) in [5, 5.41) is 0. The molecule has 0 aliphatic carbocycles. The summed E-state index contributed by atoms with van der Waals surface area (Å²) in [5.74, 6) is 0. The second-order valence-corrected chi connectivity index (χ2v) is 4.25. The van der Waals surface area contributed by atoms with Gasteiger partial charge in [0.2, 0.25) is 0 Å². The van der Waals surface area contributed by atoms with E-state index in [4.69, 9.17) is 0 Å². The van der Waals surface area contributed by atoms with Crippen LogP contribution in [0, 0.1) is 0 Å². The van der Waals surface area contributed by atoms with Crippen LogP contribution in [0.4, 0.5) is 4.79 Å². The van der Waals surface area contributed by atoms with E-state index in [-0.39, 0.29) is 20.0 Å². The van der Waals surface area contributed by atoms with Gasteiger partial charge in [0.05, 0.1) is 0 Å². The molecule has 0 fully saturated rings. The molecule has 0 amide bonds. The minimum atomic E-state index is 0. The van der Waals surface area contributed by atoms with E-state index in [9.17, 15) is 4.79 Å². The standard InChI is InChI=1S/CI2O.Co/c2-1(3)4;/q;+2/p+1. The van der Waals surface area contributed by atoms with Crippen LogP contribution in [-0.4, -0.2) is 1.80 Å². The van der Waals surface area contributed by atoms with Gasteiger partial charge >= 0.3 is 18.2 Å². The van der Waals surface area contributed by atoms with Crippen molar-refractivity contribution < 1.29 is 23.0 Å². The summed E-state index contributed by atoms with van der Waals surface area (Å²) >= 11 is 3.38. The van der Waals surface area contributed by atoms with Crippen LogP contribution in [0.1, 0.15) is 1.43 Å². The number of halogens is 2. The Balaban J connectivity index is -0.0000000450. The van der Waals surface area contributed by atoms with E-state index in [0.29, 0.717) is 0 Å². The molecule has 0 aromatic carbocycles. The van der Waals surface area contributed by atoms with Crippen molar-refractivity contribution in [2.24, 2.45) is 0 Å². The molecule has 0 aliphatic rings. The van der Waals surface area contributed by atoms with Gasteiger partial charge in [0.1, 0.15) is 0 Å². The number of hydrogen-bond donors (Lipinski definition) is 0. The molecular weight excluding hydrogens is 341 g/mol. The Kier molecular flexibility index (Phi) is 11.1. The Morgan fingerprint density at radius 2 is 1.60 bits per heavy atom. The number of rotatable bonds is 0. The average molecular weight is 342 g/mol. The van der Waals surface area contributed by atoms with Crippen molar-refractivity contribution in [3.63, 3.8) is 0 Å². The molecule has 0 bridgehead atoms. The van der Waals surface area contributed by atoms with Gasteiger partial charge in [0.15, 0.2) is 0 Å². The van der Waals surface area contributed by atoms with E-state index >= 15 is 0 Å². The van der Waals surface area contributed by atoms with Crippen molar-refractivity contribution in [2.45, 2.75) is 0 Å². The van der Waals surface area contributed by atoms with E-state index < -0.39 is 0 Å². The first kappa shape index (κ1) is 9.81. The summed E-state index contributed by atoms with van der Waals surface area (Å²) in [6.45, 7) is 0. The molecule has 0 saturated carbocycles. The Hall–Kier alpha value is 1.64. The first-order valence-electron chi connectivity index (χ1n) is 0.582. The fraction of sp³-hybridized carbons (Fsp3) is 0. The first-order chi connectivity index (χ1) is 1.73. The number of carbonyl (C=O) groups is 1. The van der Waals surface area contributed by atoms with E-state index in [1.807, 2.05) is 0 Å². The normalized spacial score (nSPS) is 5.20. The molecule has 0 saturated heterocycles. The van der Waals surface area contributed by atoms with Crippen LogP contribution in [0.25, 0.3) is 0 Å². The van der Waals surface area contributed by atoms with Gasteiger partial charge in [0.25, 0.3) is 1.80 Å². The second kappa shape index (κ2) is 5.64. The summed E-state index contributed by atoms with van der Waals surface area (Å²) in [6.07, 6.45) is 0. The fourth-order valence-electron chi connectivity index (χ4n) is 0. The summed E-state index contributed by atoms with van der Waals surface area (Å²) in [7, 11) is 0. The molecule has 0 atom stereocenters. The molecule has 0 aliphatic heterocycles. The molecule has 0 aromatic heterocycles. The topological polar surface area (TPSA) is 17.1 Å². The van der Waals surface area contributed by atoms with Gasteiger partial charge in [-0.05, 0) is 0 Å². The third-order valence-corrected chi connectivity index (χ3v) is 0. The molecule has 31 valence electrons. The Morgan fingerprint density at radius 1 is 1.60 bits per heavy atom. The van der Waals surface area contributed by atoms with Gasteiger partial charge in [-0.15, -0.1) is 0 Å². The van der Waals surface area contributed by atoms with Crippen molar-refractivity contribution in [3.8, 4) is 0 Å². The maximum Gasteiger partial charge on any atom is 2.00 e. The van der Waals surface area contributed by atoms with Gasteiger partial charge in [-0.3, -0.25) is 4.79 Å². The van der Waals surface area contributed by atoms with Crippen LogP contribution in [0.2, 0.25) is 0 Å². The predicted octanol–water partition coefficient (Wildman–Crippen LogP) is 2.09. The Labute approximate surface area is 69.2 Å². The summed E-state index contributed by atoms with van der Waals surface area (Å²) in [6, 6.07) is 0. The van der Waals surface area contributed by atoms with Crippen molar-refractivity contribution in [1.82, 2.24) is 0 Å². The molecule has 0 unspecified atom stereocenters. The summed E-state index contributed by atoms with van der Waals surface area (Å²) in [4.78, 5) is 9.42. The van der Waals surface area contributed by atoms with Gasteiger partial charge in [-0.2, -0.15) is 0 Å². The van der Waals surface area contributed by atoms with Gasteiger partial charge in [-0.1, -0.05) is 0 Å². The van der Waals surface area contributed by atoms with Crippen molar-refractivity contribution in [1.29, 1.82) is 0 Å². The van der Waals surface area contributed by atoms with E-state index in [1.54, 1.807) is 45.2 Å². The van der Waals surface area contributed by atoms with Crippen molar-refractivity contribution in [3.05, 3.63) is 0 Å².